The molecule has 33 heavy (non-hydrogen) atoms. The highest BCUT2D eigenvalue weighted by atomic mass is 31.2. The lowest BCUT2D eigenvalue weighted by Crippen LogP contribution is -2.11. The number of phosphoric ester groups is 1. The zero-order valence-electron chi connectivity index (χ0n) is 21.3. The van der Waals surface area contributed by atoms with Crippen molar-refractivity contribution in [3.63, 3.8) is 0 Å². The van der Waals surface area contributed by atoms with Crippen LogP contribution in [0.2, 0.25) is 0 Å². The van der Waals surface area contributed by atoms with Crippen LogP contribution >= 0.6 is 7.82 Å². The Morgan fingerprint density at radius 1 is 0.455 bits per heavy atom. The van der Waals surface area contributed by atoms with Gasteiger partial charge in [-0.15, -0.1) is 0 Å². The van der Waals surface area contributed by atoms with Gasteiger partial charge in [0.05, 0.1) is 52.9 Å². The summed E-state index contributed by atoms with van der Waals surface area (Å²) >= 11 is 0. The standard InChI is InChI=1S/C24H51O8P/c1-3-5-7-9-11-13-15-27-17-19-29-21-23-31-33(25,26)32-24-22-30-20-18-28-16-14-12-10-8-6-4-2/h3-24H2,1-2H3,(H,25,26). The Hall–Kier alpha value is -0.0500. The molecule has 0 radical (unpaired) electrons. The van der Waals surface area contributed by atoms with Gasteiger partial charge in [0.2, 0.25) is 0 Å². The molecule has 0 saturated heterocycles. The van der Waals surface area contributed by atoms with Gasteiger partial charge in [-0.25, -0.2) is 4.57 Å². The molecule has 0 amide bonds. The van der Waals surface area contributed by atoms with Gasteiger partial charge >= 0.3 is 7.82 Å². The van der Waals surface area contributed by atoms with Crippen LogP contribution < -0.4 is 0 Å². The maximum atomic E-state index is 11.8. The fraction of sp³-hybridized carbons (Fsp3) is 1.00. The molecule has 9 heteroatoms. The summed E-state index contributed by atoms with van der Waals surface area (Å²) in [6.45, 7) is 8.22. The molecule has 0 aromatic rings. The Morgan fingerprint density at radius 2 is 0.758 bits per heavy atom. The van der Waals surface area contributed by atoms with Crippen LogP contribution in [0.15, 0.2) is 0 Å². The fourth-order valence-electron chi connectivity index (χ4n) is 3.07. The van der Waals surface area contributed by atoms with E-state index in [0.717, 1.165) is 26.1 Å². The molecule has 200 valence electrons. The van der Waals surface area contributed by atoms with Crippen molar-refractivity contribution in [2.24, 2.45) is 0 Å². The van der Waals surface area contributed by atoms with E-state index >= 15 is 0 Å². The minimum atomic E-state index is -4.08. The van der Waals surface area contributed by atoms with Crippen molar-refractivity contribution in [3.05, 3.63) is 0 Å². The van der Waals surface area contributed by atoms with Gasteiger partial charge in [0.25, 0.3) is 0 Å². The van der Waals surface area contributed by atoms with E-state index in [9.17, 15) is 9.46 Å². The summed E-state index contributed by atoms with van der Waals surface area (Å²) in [7, 11) is -4.08. The molecule has 0 aromatic carbocycles. The molecule has 0 fully saturated rings. The maximum Gasteiger partial charge on any atom is 0.472 e. The molecule has 0 aromatic heterocycles. The predicted molar refractivity (Wildman–Crippen MR) is 132 cm³/mol. The van der Waals surface area contributed by atoms with Crippen molar-refractivity contribution in [1.82, 2.24) is 0 Å². The van der Waals surface area contributed by atoms with Crippen LogP contribution in [0.25, 0.3) is 0 Å². The maximum absolute atomic E-state index is 11.8. The molecule has 0 unspecified atom stereocenters. The largest absolute Gasteiger partial charge is 0.472 e. The SMILES string of the molecule is CCCCCCCCOCCOCCOP(=O)(O)OCCOCCOCCCCCCCC. The van der Waals surface area contributed by atoms with Crippen molar-refractivity contribution in [2.75, 3.05) is 66.1 Å². The molecule has 0 heterocycles. The molecule has 0 aliphatic carbocycles. The molecular weight excluding hydrogens is 447 g/mol. The van der Waals surface area contributed by atoms with Crippen molar-refractivity contribution < 1.29 is 37.5 Å². The second-order valence-electron chi connectivity index (χ2n) is 8.12. The number of hydrogen-bond donors (Lipinski definition) is 1. The quantitative estimate of drug-likeness (QED) is 0.105. The van der Waals surface area contributed by atoms with Crippen molar-refractivity contribution in [1.29, 1.82) is 0 Å². The van der Waals surface area contributed by atoms with Crippen LogP contribution in [0, 0.1) is 0 Å². The van der Waals surface area contributed by atoms with E-state index in [1.165, 1.54) is 64.2 Å². The fourth-order valence-corrected chi connectivity index (χ4v) is 3.76. The molecule has 0 bridgehead atoms. The topological polar surface area (TPSA) is 92.7 Å². The summed E-state index contributed by atoms with van der Waals surface area (Å²) in [4.78, 5) is 9.62. The first-order valence-electron chi connectivity index (χ1n) is 13.0. The Kier molecular flexibility index (Phi) is 26.5. The number of hydrogen-bond acceptors (Lipinski definition) is 7. The van der Waals surface area contributed by atoms with Gasteiger partial charge in [0.15, 0.2) is 0 Å². The number of rotatable bonds is 28. The third-order valence-corrected chi connectivity index (χ3v) is 6.01. The summed E-state index contributed by atoms with van der Waals surface area (Å²) in [5, 5.41) is 0. The van der Waals surface area contributed by atoms with Crippen molar-refractivity contribution >= 4 is 7.82 Å². The van der Waals surface area contributed by atoms with Gasteiger partial charge in [0, 0.05) is 13.2 Å². The number of unbranched alkanes of at least 4 members (excludes halogenated alkanes) is 10. The normalized spacial score (nSPS) is 12.0. The zero-order valence-corrected chi connectivity index (χ0v) is 22.2. The highest BCUT2D eigenvalue weighted by Crippen LogP contribution is 2.42. The molecule has 0 rings (SSSR count). The Labute approximate surface area is 202 Å². The minimum Gasteiger partial charge on any atom is -0.379 e. The van der Waals surface area contributed by atoms with E-state index in [1.807, 2.05) is 0 Å². The van der Waals surface area contributed by atoms with Crippen LogP contribution in [0.4, 0.5) is 0 Å². The number of ether oxygens (including phenoxy) is 4. The van der Waals surface area contributed by atoms with Gasteiger partial charge in [-0.1, -0.05) is 78.1 Å². The third-order valence-electron chi connectivity index (χ3n) is 4.99. The van der Waals surface area contributed by atoms with Gasteiger partial charge in [0.1, 0.15) is 0 Å². The lowest BCUT2D eigenvalue weighted by Gasteiger charge is -2.12. The molecule has 8 nitrogen and oxygen atoms in total. The van der Waals surface area contributed by atoms with Gasteiger partial charge < -0.3 is 23.8 Å². The second-order valence-corrected chi connectivity index (χ2v) is 9.57. The van der Waals surface area contributed by atoms with Crippen LogP contribution in [0.5, 0.6) is 0 Å². The molecule has 0 aliphatic rings. The van der Waals surface area contributed by atoms with Crippen molar-refractivity contribution in [3.8, 4) is 0 Å². The van der Waals surface area contributed by atoms with Crippen LogP contribution in [-0.2, 0) is 32.6 Å². The second kappa shape index (κ2) is 26.6. The highest BCUT2D eigenvalue weighted by molar-refractivity contribution is 7.47. The van der Waals surface area contributed by atoms with E-state index in [4.69, 9.17) is 28.0 Å². The molecule has 0 saturated carbocycles. The zero-order chi connectivity index (χ0) is 24.3. The summed E-state index contributed by atoms with van der Waals surface area (Å²) in [5.74, 6) is 0. The first-order chi connectivity index (χ1) is 16.1. The number of phosphoric acid groups is 1. The summed E-state index contributed by atoms with van der Waals surface area (Å²) in [6.07, 6.45) is 14.9. The van der Waals surface area contributed by atoms with Crippen molar-refractivity contribution in [2.45, 2.75) is 90.9 Å². The predicted octanol–water partition coefficient (Wildman–Crippen LogP) is 5.91. The van der Waals surface area contributed by atoms with E-state index in [0.29, 0.717) is 26.4 Å². The van der Waals surface area contributed by atoms with Crippen LogP contribution in [-0.4, -0.2) is 71.0 Å². The first-order valence-corrected chi connectivity index (χ1v) is 14.5. The average molecular weight is 499 g/mol. The Morgan fingerprint density at radius 3 is 1.15 bits per heavy atom. The summed E-state index contributed by atoms with van der Waals surface area (Å²) in [5.41, 5.74) is 0. The highest BCUT2D eigenvalue weighted by Gasteiger charge is 2.20. The lowest BCUT2D eigenvalue weighted by molar-refractivity contribution is 0.0193. The molecule has 0 spiro atoms. The van der Waals surface area contributed by atoms with Gasteiger partial charge in [-0.2, -0.15) is 0 Å². The summed E-state index contributed by atoms with van der Waals surface area (Å²) in [6, 6.07) is 0. The molecule has 0 aliphatic heterocycles. The van der Waals surface area contributed by atoms with Crippen LogP contribution in [0.3, 0.4) is 0 Å². The first kappa shape index (κ1) is 33.0. The van der Waals surface area contributed by atoms with E-state index < -0.39 is 7.82 Å². The molecular formula is C24H51O8P. The van der Waals surface area contributed by atoms with E-state index in [-0.39, 0.29) is 26.4 Å². The lowest BCUT2D eigenvalue weighted by atomic mass is 10.1. The molecule has 0 atom stereocenters. The molecule has 1 N–H and O–H groups in total. The smallest absolute Gasteiger partial charge is 0.379 e. The van der Waals surface area contributed by atoms with E-state index in [2.05, 4.69) is 13.8 Å². The van der Waals surface area contributed by atoms with Gasteiger partial charge in [-0.3, -0.25) is 9.05 Å². The van der Waals surface area contributed by atoms with E-state index in [1.54, 1.807) is 0 Å². The average Bonchev–Trinajstić information content (AvgIpc) is 2.80. The van der Waals surface area contributed by atoms with Gasteiger partial charge in [-0.05, 0) is 12.8 Å². The Bertz CT molecular complexity index is 391. The Balaban J connectivity index is 3.29. The van der Waals surface area contributed by atoms with Crippen LogP contribution in [0.1, 0.15) is 90.9 Å². The third kappa shape index (κ3) is 28.1. The summed E-state index contributed by atoms with van der Waals surface area (Å²) < 4.78 is 43.2. The minimum absolute atomic E-state index is 0.0155. The monoisotopic (exact) mass is 498 g/mol.